The Morgan fingerprint density at radius 1 is 1.50 bits per heavy atom. The fraction of sp³-hybridized carbons (Fsp3) is 0.909. The predicted molar refractivity (Wildman–Crippen MR) is 70.0 cm³/mol. The standard InChI is InChI=1S/C11H24N2O2S/c1-11(2,16)8-9(10(14)15)4-3-6-13-7-5-12/h9,13,16H,3-8,12H2,1-2H3,(H,14,15)/t9-/m0/s1. The number of carbonyl (C=O) groups is 1. The van der Waals surface area contributed by atoms with E-state index < -0.39 is 5.97 Å². The number of rotatable bonds is 9. The van der Waals surface area contributed by atoms with Gasteiger partial charge in [0.15, 0.2) is 0 Å². The van der Waals surface area contributed by atoms with Crippen LogP contribution in [0.1, 0.15) is 33.1 Å². The summed E-state index contributed by atoms with van der Waals surface area (Å²) in [5.74, 6) is -1.02. The summed E-state index contributed by atoms with van der Waals surface area (Å²) in [6.07, 6.45) is 2.15. The molecule has 0 aromatic heterocycles. The van der Waals surface area contributed by atoms with Crippen LogP contribution in [0.3, 0.4) is 0 Å². The second-order valence-corrected chi connectivity index (χ2v) is 5.94. The second-order valence-electron chi connectivity index (χ2n) is 4.73. The smallest absolute Gasteiger partial charge is 0.306 e. The maximum absolute atomic E-state index is 11.0. The lowest BCUT2D eigenvalue weighted by Crippen LogP contribution is -2.26. The molecule has 1 atom stereocenters. The number of hydrogen-bond acceptors (Lipinski definition) is 4. The van der Waals surface area contributed by atoms with Gasteiger partial charge in [-0.05, 0) is 25.8 Å². The Balaban J connectivity index is 3.83. The molecule has 0 spiro atoms. The van der Waals surface area contributed by atoms with Gasteiger partial charge in [0.2, 0.25) is 0 Å². The van der Waals surface area contributed by atoms with Crippen LogP contribution in [-0.2, 0) is 4.79 Å². The van der Waals surface area contributed by atoms with Gasteiger partial charge in [-0.3, -0.25) is 4.79 Å². The van der Waals surface area contributed by atoms with Crippen LogP contribution in [0, 0.1) is 5.92 Å². The molecule has 0 aromatic rings. The Hall–Kier alpha value is -0.260. The Morgan fingerprint density at radius 2 is 2.12 bits per heavy atom. The molecular formula is C11H24N2O2S. The van der Waals surface area contributed by atoms with Crippen LogP contribution in [-0.4, -0.2) is 35.5 Å². The first kappa shape index (κ1) is 15.7. The van der Waals surface area contributed by atoms with Crippen molar-refractivity contribution >= 4 is 18.6 Å². The lowest BCUT2D eigenvalue weighted by molar-refractivity contribution is -0.142. The lowest BCUT2D eigenvalue weighted by atomic mass is 9.92. The van der Waals surface area contributed by atoms with E-state index in [0.717, 1.165) is 19.5 Å². The minimum absolute atomic E-state index is 0.228. The first-order chi connectivity index (χ1) is 7.37. The van der Waals surface area contributed by atoms with Gasteiger partial charge in [-0.2, -0.15) is 12.6 Å². The van der Waals surface area contributed by atoms with Gasteiger partial charge in [0, 0.05) is 17.8 Å². The van der Waals surface area contributed by atoms with Crippen molar-refractivity contribution in [1.82, 2.24) is 5.32 Å². The molecule has 0 aromatic carbocycles. The maximum Gasteiger partial charge on any atom is 0.306 e. The van der Waals surface area contributed by atoms with Gasteiger partial charge in [-0.1, -0.05) is 13.8 Å². The van der Waals surface area contributed by atoms with Crippen molar-refractivity contribution in [2.24, 2.45) is 11.7 Å². The summed E-state index contributed by atoms with van der Waals surface area (Å²) in [6.45, 7) is 6.12. The van der Waals surface area contributed by atoms with Crippen molar-refractivity contribution in [3.05, 3.63) is 0 Å². The van der Waals surface area contributed by atoms with Gasteiger partial charge < -0.3 is 16.2 Å². The van der Waals surface area contributed by atoms with Crippen LogP contribution in [0.15, 0.2) is 0 Å². The fourth-order valence-corrected chi connectivity index (χ4v) is 1.84. The van der Waals surface area contributed by atoms with Crippen LogP contribution in [0.2, 0.25) is 0 Å². The van der Waals surface area contributed by atoms with Crippen LogP contribution < -0.4 is 11.1 Å². The maximum atomic E-state index is 11.0. The molecule has 0 saturated carbocycles. The molecule has 0 radical (unpaired) electrons. The van der Waals surface area contributed by atoms with E-state index in [1.807, 2.05) is 13.8 Å². The number of carboxylic acid groups (broad SMARTS) is 1. The number of thiol groups is 1. The van der Waals surface area contributed by atoms with Gasteiger partial charge in [-0.25, -0.2) is 0 Å². The minimum Gasteiger partial charge on any atom is -0.481 e. The van der Waals surface area contributed by atoms with Crippen LogP contribution in [0.5, 0.6) is 0 Å². The van der Waals surface area contributed by atoms with Gasteiger partial charge >= 0.3 is 5.97 Å². The minimum atomic E-state index is -0.721. The zero-order valence-corrected chi connectivity index (χ0v) is 11.1. The van der Waals surface area contributed by atoms with E-state index in [1.165, 1.54) is 0 Å². The topological polar surface area (TPSA) is 75.3 Å². The predicted octanol–water partition coefficient (Wildman–Crippen LogP) is 1.11. The summed E-state index contributed by atoms with van der Waals surface area (Å²) in [5, 5.41) is 12.2. The summed E-state index contributed by atoms with van der Waals surface area (Å²) in [6, 6.07) is 0. The number of aliphatic carboxylic acids is 1. The van der Waals surface area contributed by atoms with Crippen molar-refractivity contribution in [1.29, 1.82) is 0 Å². The van der Waals surface area contributed by atoms with E-state index in [4.69, 9.17) is 10.8 Å². The highest BCUT2D eigenvalue weighted by Gasteiger charge is 2.24. The van der Waals surface area contributed by atoms with Crippen molar-refractivity contribution in [2.75, 3.05) is 19.6 Å². The van der Waals surface area contributed by atoms with E-state index in [-0.39, 0.29) is 10.7 Å². The Bertz CT molecular complexity index is 205. The number of carboxylic acids is 1. The molecule has 5 heteroatoms. The molecule has 4 nitrogen and oxygen atoms in total. The third kappa shape index (κ3) is 9.00. The van der Waals surface area contributed by atoms with E-state index >= 15 is 0 Å². The van der Waals surface area contributed by atoms with E-state index in [2.05, 4.69) is 17.9 Å². The second kappa shape index (κ2) is 7.92. The van der Waals surface area contributed by atoms with Crippen LogP contribution in [0.4, 0.5) is 0 Å². The number of nitrogens with two attached hydrogens (primary N) is 1. The highest BCUT2D eigenvalue weighted by molar-refractivity contribution is 7.81. The molecule has 0 bridgehead atoms. The molecule has 0 amide bonds. The van der Waals surface area contributed by atoms with Crippen LogP contribution >= 0.6 is 12.6 Å². The van der Waals surface area contributed by atoms with Crippen molar-refractivity contribution in [3.63, 3.8) is 0 Å². The summed E-state index contributed by atoms with van der Waals surface area (Å²) < 4.78 is -0.228. The summed E-state index contributed by atoms with van der Waals surface area (Å²) in [5.41, 5.74) is 5.34. The average Bonchev–Trinajstić information content (AvgIpc) is 2.13. The van der Waals surface area contributed by atoms with E-state index in [1.54, 1.807) is 0 Å². The van der Waals surface area contributed by atoms with Crippen LogP contribution in [0.25, 0.3) is 0 Å². The molecule has 0 aliphatic rings. The molecule has 0 aliphatic heterocycles. The Labute approximate surface area is 103 Å². The monoisotopic (exact) mass is 248 g/mol. The molecule has 0 unspecified atom stereocenters. The van der Waals surface area contributed by atoms with Gasteiger partial charge in [0.25, 0.3) is 0 Å². The number of hydrogen-bond donors (Lipinski definition) is 4. The molecule has 0 aliphatic carbocycles. The van der Waals surface area contributed by atoms with Gasteiger partial charge in [0.05, 0.1) is 5.92 Å². The third-order valence-electron chi connectivity index (χ3n) is 2.32. The zero-order chi connectivity index (χ0) is 12.6. The highest BCUT2D eigenvalue weighted by atomic mass is 32.1. The Kier molecular flexibility index (Phi) is 7.80. The molecule has 96 valence electrons. The first-order valence-electron chi connectivity index (χ1n) is 5.73. The van der Waals surface area contributed by atoms with E-state index in [0.29, 0.717) is 19.4 Å². The molecule has 16 heavy (non-hydrogen) atoms. The molecule has 4 N–H and O–H groups in total. The summed E-state index contributed by atoms with van der Waals surface area (Å²) in [7, 11) is 0. The highest BCUT2D eigenvalue weighted by Crippen LogP contribution is 2.25. The SMILES string of the molecule is CC(C)(S)C[C@H](CCCNCCN)C(=O)O. The van der Waals surface area contributed by atoms with Gasteiger partial charge in [0.1, 0.15) is 0 Å². The zero-order valence-electron chi connectivity index (χ0n) is 10.2. The Morgan fingerprint density at radius 3 is 2.56 bits per heavy atom. The third-order valence-corrected chi connectivity index (χ3v) is 2.51. The summed E-state index contributed by atoms with van der Waals surface area (Å²) >= 11 is 4.37. The molecular weight excluding hydrogens is 224 g/mol. The lowest BCUT2D eigenvalue weighted by Gasteiger charge is -2.22. The normalized spacial score (nSPS) is 13.8. The molecule has 0 saturated heterocycles. The first-order valence-corrected chi connectivity index (χ1v) is 6.17. The fourth-order valence-electron chi connectivity index (χ4n) is 1.62. The molecule has 0 rings (SSSR count). The molecule has 0 heterocycles. The largest absolute Gasteiger partial charge is 0.481 e. The molecule has 0 fully saturated rings. The van der Waals surface area contributed by atoms with E-state index in [9.17, 15) is 4.79 Å². The average molecular weight is 248 g/mol. The van der Waals surface area contributed by atoms with Gasteiger partial charge in [-0.15, -0.1) is 0 Å². The number of nitrogens with one attached hydrogen (secondary N) is 1. The van der Waals surface area contributed by atoms with Crippen molar-refractivity contribution in [2.45, 2.75) is 37.9 Å². The quantitative estimate of drug-likeness (QED) is 0.364. The summed E-state index contributed by atoms with van der Waals surface area (Å²) in [4.78, 5) is 11.0. The van der Waals surface area contributed by atoms with Crippen molar-refractivity contribution in [3.8, 4) is 0 Å². The van der Waals surface area contributed by atoms with Crippen molar-refractivity contribution < 1.29 is 9.90 Å².